The van der Waals surface area contributed by atoms with Crippen molar-refractivity contribution in [3.63, 3.8) is 0 Å². The summed E-state index contributed by atoms with van der Waals surface area (Å²) in [6.45, 7) is -0.685. The second kappa shape index (κ2) is 2.82. The lowest BCUT2D eigenvalue weighted by atomic mass is 10.1. The molecule has 1 saturated carbocycles. The molecule has 0 aliphatic heterocycles. The van der Waals surface area contributed by atoms with E-state index in [-0.39, 0.29) is 6.42 Å². The van der Waals surface area contributed by atoms with Crippen molar-refractivity contribution in [2.75, 3.05) is 6.67 Å². The van der Waals surface area contributed by atoms with E-state index in [1.54, 1.807) is 0 Å². The van der Waals surface area contributed by atoms with Crippen LogP contribution in [0.5, 0.6) is 0 Å². The van der Waals surface area contributed by atoms with E-state index in [1.807, 2.05) is 0 Å². The van der Waals surface area contributed by atoms with E-state index in [9.17, 15) is 4.39 Å². The summed E-state index contributed by atoms with van der Waals surface area (Å²) >= 11 is 0. The average molecular weight is 150 g/mol. The molecule has 60 valence electrons. The second-order valence-electron chi connectivity index (χ2n) is 2.70. The van der Waals surface area contributed by atoms with Gasteiger partial charge in [-0.15, -0.1) is 0 Å². The molecule has 0 spiro atoms. The first-order valence-electron chi connectivity index (χ1n) is 3.27. The molecule has 4 heteroatoms. The van der Waals surface area contributed by atoms with Crippen molar-refractivity contribution in [3.8, 4) is 0 Å². The van der Waals surface area contributed by atoms with Gasteiger partial charge in [0.05, 0.1) is 18.9 Å². The molecule has 0 radical (unpaired) electrons. The maximum Gasteiger partial charge on any atom is 0.106 e. The third kappa shape index (κ3) is 1.14. The lowest BCUT2D eigenvalue weighted by molar-refractivity contribution is -0.0275. The number of halogens is 1. The summed E-state index contributed by atoms with van der Waals surface area (Å²) in [4.78, 5) is 0. The average Bonchev–Trinajstić information content (AvgIpc) is 2.17. The summed E-state index contributed by atoms with van der Waals surface area (Å²) in [5, 5.41) is 26.8. The quantitative estimate of drug-likeness (QED) is 0.452. The first-order chi connectivity index (χ1) is 4.66. The Morgan fingerprint density at radius 3 is 2.00 bits per heavy atom. The van der Waals surface area contributed by atoms with Crippen LogP contribution in [0.1, 0.15) is 6.42 Å². The molecule has 0 aromatic rings. The van der Waals surface area contributed by atoms with Gasteiger partial charge in [0.15, 0.2) is 0 Å². The monoisotopic (exact) mass is 150 g/mol. The summed E-state index contributed by atoms with van der Waals surface area (Å²) in [5.41, 5.74) is 0. The molecule has 4 atom stereocenters. The number of alkyl halides is 1. The van der Waals surface area contributed by atoms with Crippen LogP contribution in [-0.2, 0) is 0 Å². The lowest BCUT2D eigenvalue weighted by Gasteiger charge is -2.12. The zero-order valence-corrected chi connectivity index (χ0v) is 5.44. The van der Waals surface area contributed by atoms with Crippen molar-refractivity contribution in [3.05, 3.63) is 0 Å². The summed E-state index contributed by atoms with van der Waals surface area (Å²) < 4.78 is 11.9. The van der Waals surface area contributed by atoms with Crippen LogP contribution < -0.4 is 0 Å². The molecule has 0 heterocycles. The van der Waals surface area contributed by atoms with Crippen LogP contribution in [0.4, 0.5) is 4.39 Å². The first-order valence-corrected chi connectivity index (χ1v) is 3.27. The molecule has 0 aromatic carbocycles. The van der Waals surface area contributed by atoms with Crippen molar-refractivity contribution in [1.82, 2.24) is 0 Å². The van der Waals surface area contributed by atoms with Crippen molar-refractivity contribution >= 4 is 0 Å². The van der Waals surface area contributed by atoms with E-state index in [1.165, 1.54) is 0 Å². The topological polar surface area (TPSA) is 60.7 Å². The SMILES string of the molecule is O[C@@H]1[C@@H](CF)C[C@@H](O)[C@@H]1O. The zero-order chi connectivity index (χ0) is 7.72. The predicted octanol–water partition coefficient (Wildman–Crippen LogP) is -0.942. The predicted molar refractivity (Wildman–Crippen MR) is 32.1 cm³/mol. The highest BCUT2D eigenvalue weighted by molar-refractivity contribution is 4.90. The summed E-state index contributed by atoms with van der Waals surface area (Å²) in [6, 6.07) is 0. The fraction of sp³-hybridized carbons (Fsp3) is 1.00. The Labute approximate surface area is 58.1 Å². The van der Waals surface area contributed by atoms with Gasteiger partial charge in [0.1, 0.15) is 6.10 Å². The van der Waals surface area contributed by atoms with Gasteiger partial charge in [-0.1, -0.05) is 0 Å². The first kappa shape index (κ1) is 7.91. The van der Waals surface area contributed by atoms with E-state index in [0.29, 0.717) is 0 Å². The Morgan fingerprint density at radius 2 is 1.80 bits per heavy atom. The molecular formula is C6H11FO3. The number of aliphatic hydroxyl groups is 3. The minimum atomic E-state index is -1.17. The van der Waals surface area contributed by atoms with Gasteiger partial charge in [0, 0.05) is 5.92 Å². The molecular weight excluding hydrogens is 139 g/mol. The van der Waals surface area contributed by atoms with E-state index < -0.39 is 30.9 Å². The summed E-state index contributed by atoms with van der Waals surface area (Å²) in [7, 11) is 0. The molecule has 0 aromatic heterocycles. The van der Waals surface area contributed by atoms with Gasteiger partial charge in [-0.2, -0.15) is 0 Å². The highest BCUT2D eigenvalue weighted by Crippen LogP contribution is 2.26. The zero-order valence-electron chi connectivity index (χ0n) is 5.44. The van der Waals surface area contributed by atoms with Gasteiger partial charge in [0.25, 0.3) is 0 Å². The van der Waals surface area contributed by atoms with Crippen molar-refractivity contribution < 1.29 is 19.7 Å². The van der Waals surface area contributed by atoms with Crippen LogP contribution in [0.2, 0.25) is 0 Å². The second-order valence-corrected chi connectivity index (χ2v) is 2.70. The van der Waals surface area contributed by atoms with Crippen molar-refractivity contribution in [1.29, 1.82) is 0 Å². The van der Waals surface area contributed by atoms with Gasteiger partial charge < -0.3 is 15.3 Å². The van der Waals surface area contributed by atoms with Crippen LogP contribution >= 0.6 is 0 Å². The van der Waals surface area contributed by atoms with Crippen molar-refractivity contribution in [2.24, 2.45) is 5.92 Å². The minimum absolute atomic E-state index is 0.152. The fourth-order valence-corrected chi connectivity index (χ4v) is 1.25. The molecule has 3 nitrogen and oxygen atoms in total. The van der Waals surface area contributed by atoms with E-state index in [4.69, 9.17) is 15.3 Å². The molecule has 1 fully saturated rings. The Morgan fingerprint density at radius 1 is 1.20 bits per heavy atom. The fourth-order valence-electron chi connectivity index (χ4n) is 1.25. The third-order valence-electron chi connectivity index (χ3n) is 1.97. The molecule has 0 amide bonds. The molecule has 1 rings (SSSR count). The van der Waals surface area contributed by atoms with Gasteiger partial charge >= 0.3 is 0 Å². The normalized spacial score (nSPS) is 48.0. The maximum atomic E-state index is 11.9. The van der Waals surface area contributed by atoms with Crippen LogP contribution in [-0.4, -0.2) is 40.3 Å². The molecule has 3 N–H and O–H groups in total. The Balaban J connectivity index is 2.53. The van der Waals surface area contributed by atoms with E-state index >= 15 is 0 Å². The Hall–Kier alpha value is -0.190. The van der Waals surface area contributed by atoms with Crippen LogP contribution in [0.3, 0.4) is 0 Å². The Bertz CT molecular complexity index is 120. The third-order valence-corrected chi connectivity index (χ3v) is 1.97. The number of hydrogen-bond donors (Lipinski definition) is 3. The maximum absolute atomic E-state index is 11.9. The van der Waals surface area contributed by atoms with Crippen LogP contribution in [0, 0.1) is 5.92 Å². The standard InChI is InChI=1S/C6H11FO3/c7-2-3-1-4(8)6(10)5(3)9/h3-6,8-10H,1-2H2/t3-,4-,5-,6+/m1/s1. The number of rotatable bonds is 1. The summed E-state index contributed by atoms with van der Waals surface area (Å²) in [5.74, 6) is -0.593. The smallest absolute Gasteiger partial charge is 0.106 e. The van der Waals surface area contributed by atoms with Crippen LogP contribution in [0.15, 0.2) is 0 Å². The van der Waals surface area contributed by atoms with Gasteiger partial charge in [0.2, 0.25) is 0 Å². The summed E-state index contributed by atoms with van der Waals surface area (Å²) in [6.07, 6.45) is -3.07. The van der Waals surface area contributed by atoms with Crippen LogP contribution in [0.25, 0.3) is 0 Å². The van der Waals surface area contributed by atoms with E-state index in [2.05, 4.69) is 0 Å². The number of aliphatic hydroxyl groups excluding tert-OH is 3. The van der Waals surface area contributed by atoms with Crippen molar-refractivity contribution in [2.45, 2.75) is 24.7 Å². The molecule has 0 bridgehead atoms. The number of hydrogen-bond acceptors (Lipinski definition) is 3. The molecule has 10 heavy (non-hydrogen) atoms. The molecule has 0 saturated heterocycles. The van der Waals surface area contributed by atoms with Gasteiger partial charge in [-0.05, 0) is 6.42 Å². The van der Waals surface area contributed by atoms with E-state index in [0.717, 1.165) is 0 Å². The van der Waals surface area contributed by atoms with Gasteiger partial charge in [-0.3, -0.25) is 4.39 Å². The molecule has 0 unspecified atom stereocenters. The molecule has 1 aliphatic rings. The minimum Gasteiger partial charge on any atom is -0.390 e. The lowest BCUT2D eigenvalue weighted by Crippen LogP contribution is -2.30. The highest BCUT2D eigenvalue weighted by atomic mass is 19.1. The highest BCUT2D eigenvalue weighted by Gasteiger charge is 2.40. The largest absolute Gasteiger partial charge is 0.390 e. The van der Waals surface area contributed by atoms with Gasteiger partial charge in [-0.25, -0.2) is 0 Å². The Kier molecular flexibility index (Phi) is 2.23. The molecule has 1 aliphatic carbocycles.